The number of benzene rings is 2. The number of rotatable bonds is 3. The lowest BCUT2D eigenvalue weighted by Gasteiger charge is -2.08. The highest BCUT2D eigenvalue weighted by Crippen LogP contribution is 2.25. The SMILES string of the molecule is Cc1cccc(Nc2ncnc3c2cnn3-c2cccc(C)c2)c1. The van der Waals surface area contributed by atoms with E-state index < -0.39 is 0 Å². The van der Waals surface area contributed by atoms with Crippen LogP contribution in [0.5, 0.6) is 0 Å². The summed E-state index contributed by atoms with van der Waals surface area (Å²) >= 11 is 0. The Balaban J connectivity index is 1.79. The molecular formula is C19H17N5. The van der Waals surface area contributed by atoms with E-state index in [0.717, 1.165) is 28.2 Å². The maximum Gasteiger partial charge on any atom is 0.168 e. The maximum atomic E-state index is 4.50. The molecule has 118 valence electrons. The molecule has 0 spiro atoms. The summed E-state index contributed by atoms with van der Waals surface area (Å²) in [5.41, 5.74) is 5.15. The summed E-state index contributed by atoms with van der Waals surface area (Å²) in [6.07, 6.45) is 3.37. The van der Waals surface area contributed by atoms with Gasteiger partial charge in [0.05, 0.1) is 17.3 Å². The minimum atomic E-state index is 0.754. The van der Waals surface area contributed by atoms with E-state index in [2.05, 4.69) is 58.5 Å². The number of nitrogens with one attached hydrogen (secondary N) is 1. The van der Waals surface area contributed by atoms with Gasteiger partial charge >= 0.3 is 0 Å². The number of anilines is 2. The zero-order valence-corrected chi connectivity index (χ0v) is 13.6. The lowest BCUT2D eigenvalue weighted by Crippen LogP contribution is -1.99. The lowest BCUT2D eigenvalue weighted by atomic mass is 10.2. The molecule has 2 aromatic heterocycles. The molecule has 0 bridgehead atoms. The van der Waals surface area contributed by atoms with Gasteiger partial charge in [-0.2, -0.15) is 5.10 Å². The van der Waals surface area contributed by atoms with Gasteiger partial charge in [0.15, 0.2) is 5.65 Å². The zero-order valence-electron chi connectivity index (χ0n) is 13.6. The van der Waals surface area contributed by atoms with Crippen LogP contribution in [0.25, 0.3) is 16.7 Å². The molecular weight excluding hydrogens is 298 g/mol. The standard InChI is InChI=1S/C19H17N5/c1-13-5-3-7-15(9-13)23-18-17-11-22-24(19(17)21-12-20-18)16-8-4-6-14(2)10-16/h3-12H,1-2H3,(H,20,21,23). The fraction of sp³-hybridized carbons (Fsp3) is 0.105. The summed E-state index contributed by atoms with van der Waals surface area (Å²) < 4.78 is 1.84. The molecule has 0 aliphatic heterocycles. The first-order valence-corrected chi connectivity index (χ1v) is 7.80. The molecule has 0 aliphatic carbocycles. The third-order valence-corrected chi connectivity index (χ3v) is 3.89. The smallest absolute Gasteiger partial charge is 0.168 e. The first-order chi connectivity index (χ1) is 11.7. The van der Waals surface area contributed by atoms with E-state index in [0.29, 0.717) is 0 Å². The second-order valence-corrected chi connectivity index (χ2v) is 5.85. The van der Waals surface area contributed by atoms with Gasteiger partial charge in [-0.1, -0.05) is 24.3 Å². The fourth-order valence-electron chi connectivity index (χ4n) is 2.75. The Morgan fingerprint density at radius 2 is 1.71 bits per heavy atom. The third-order valence-electron chi connectivity index (χ3n) is 3.89. The molecule has 0 aliphatic rings. The zero-order chi connectivity index (χ0) is 16.5. The Bertz CT molecular complexity index is 1020. The molecule has 0 atom stereocenters. The number of aryl methyl sites for hydroxylation is 2. The van der Waals surface area contributed by atoms with Crippen LogP contribution >= 0.6 is 0 Å². The average Bonchev–Trinajstić information content (AvgIpc) is 3.00. The number of aromatic nitrogens is 4. The van der Waals surface area contributed by atoms with Gasteiger partial charge in [0, 0.05) is 5.69 Å². The van der Waals surface area contributed by atoms with Crippen LogP contribution in [0.4, 0.5) is 11.5 Å². The average molecular weight is 315 g/mol. The molecule has 4 rings (SSSR count). The normalized spacial score (nSPS) is 10.9. The summed E-state index contributed by atoms with van der Waals surface area (Å²) in [4.78, 5) is 8.80. The Labute approximate surface area is 140 Å². The van der Waals surface area contributed by atoms with Gasteiger partial charge in [0.25, 0.3) is 0 Å². The van der Waals surface area contributed by atoms with Gasteiger partial charge in [0.1, 0.15) is 12.1 Å². The number of fused-ring (bicyclic) bond motifs is 1. The highest BCUT2D eigenvalue weighted by atomic mass is 15.3. The van der Waals surface area contributed by atoms with Crippen molar-refractivity contribution in [3.63, 3.8) is 0 Å². The van der Waals surface area contributed by atoms with E-state index in [4.69, 9.17) is 0 Å². The highest BCUT2D eigenvalue weighted by molar-refractivity contribution is 5.89. The molecule has 5 nitrogen and oxygen atoms in total. The fourth-order valence-corrected chi connectivity index (χ4v) is 2.75. The first-order valence-electron chi connectivity index (χ1n) is 7.80. The largest absolute Gasteiger partial charge is 0.340 e. The number of hydrogen-bond acceptors (Lipinski definition) is 4. The predicted octanol–water partition coefficient (Wildman–Crippen LogP) is 4.18. The number of nitrogens with zero attached hydrogens (tertiary/aromatic N) is 4. The van der Waals surface area contributed by atoms with E-state index in [1.165, 1.54) is 11.1 Å². The van der Waals surface area contributed by atoms with Crippen molar-refractivity contribution in [3.05, 3.63) is 72.2 Å². The van der Waals surface area contributed by atoms with Gasteiger partial charge in [-0.25, -0.2) is 14.6 Å². The highest BCUT2D eigenvalue weighted by Gasteiger charge is 2.11. The Morgan fingerprint density at radius 1 is 0.917 bits per heavy atom. The molecule has 0 saturated carbocycles. The quantitative estimate of drug-likeness (QED) is 0.616. The molecule has 0 unspecified atom stereocenters. The van der Waals surface area contributed by atoms with Gasteiger partial charge in [-0.15, -0.1) is 0 Å². The van der Waals surface area contributed by atoms with E-state index >= 15 is 0 Å². The van der Waals surface area contributed by atoms with Crippen molar-refractivity contribution in [1.29, 1.82) is 0 Å². The lowest BCUT2D eigenvalue weighted by molar-refractivity contribution is 0.894. The van der Waals surface area contributed by atoms with Crippen LogP contribution in [0.2, 0.25) is 0 Å². The van der Waals surface area contributed by atoms with Crippen molar-refractivity contribution in [2.45, 2.75) is 13.8 Å². The van der Waals surface area contributed by atoms with Crippen molar-refractivity contribution >= 4 is 22.5 Å². The van der Waals surface area contributed by atoms with Crippen LogP contribution in [0.15, 0.2) is 61.1 Å². The van der Waals surface area contributed by atoms with Crippen LogP contribution in [0.1, 0.15) is 11.1 Å². The van der Waals surface area contributed by atoms with Crippen LogP contribution in [-0.2, 0) is 0 Å². The summed E-state index contributed by atoms with van der Waals surface area (Å²) in [5, 5.41) is 8.75. The van der Waals surface area contributed by atoms with E-state index in [1.807, 2.05) is 28.9 Å². The second-order valence-electron chi connectivity index (χ2n) is 5.85. The molecule has 0 fully saturated rings. The summed E-state index contributed by atoms with van der Waals surface area (Å²) in [7, 11) is 0. The Kier molecular flexibility index (Phi) is 3.46. The molecule has 24 heavy (non-hydrogen) atoms. The van der Waals surface area contributed by atoms with Crippen molar-refractivity contribution < 1.29 is 0 Å². The summed E-state index contributed by atoms with van der Waals surface area (Å²) in [6.45, 7) is 4.13. The van der Waals surface area contributed by atoms with Gasteiger partial charge in [0.2, 0.25) is 0 Å². The topological polar surface area (TPSA) is 55.6 Å². The van der Waals surface area contributed by atoms with Crippen LogP contribution in [0.3, 0.4) is 0 Å². The van der Waals surface area contributed by atoms with Crippen LogP contribution in [-0.4, -0.2) is 19.7 Å². The van der Waals surface area contributed by atoms with Crippen molar-refractivity contribution in [3.8, 4) is 5.69 Å². The minimum absolute atomic E-state index is 0.754. The molecule has 0 radical (unpaired) electrons. The molecule has 1 N–H and O–H groups in total. The van der Waals surface area contributed by atoms with Crippen molar-refractivity contribution in [2.75, 3.05) is 5.32 Å². The van der Waals surface area contributed by atoms with E-state index in [-0.39, 0.29) is 0 Å². The first kappa shape index (κ1) is 14.4. The van der Waals surface area contributed by atoms with E-state index in [1.54, 1.807) is 12.5 Å². The predicted molar refractivity (Wildman–Crippen MR) is 95.9 cm³/mol. The summed E-state index contributed by atoms with van der Waals surface area (Å²) in [6, 6.07) is 16.4. The molecule has 0 saturated heterocycles. The molecule has 2 aromatic carbocycles. The minimum Gasteiger partial charge on any atom is -0.340 e. The van der Waals surface area contributed by atoms with Gasteiger partial charge < -0.3 is 5.32 Å². The maximum absolute atomic E-state index is 4.50. The molecule has 0 amide bonds. The molecule has 5 heteroatoms. The van der Waals surface area contributed by atoms with Crippen LogP contribution < -0.4 is 5.32 Å². The van der Waals surface area contributed by atoms with Crippen LogP contribution in [0, 0.1) is 13.8 Å². The Morgan fingerprint density at radius 3 is 2.50 bits per heavy atom. The monoisotopic (exact) mass is 315 g/mol. The van der Waals surface area contributed by atoms with Gasteiger partial charge in [-0.05, 0) is 49.2 Å². The summed E-state index contributed by atoms with van der Waals surface area (Å²) in [5.74, 6) is 0.754. The molecule has 4 aromatic rings. The number of hydrogen-bond donors (Lipinski definition) is 1. The third kappa shape index (κ3) is 2.60. The van der Waals surface area contributed by atoms with Crippen molar-refractivity contribution in [2.24, 2.45) is 0 Å². The van der Waals surface area contributed by atoms with Crippen molar-refractivity contribution in [1.82, 2.24) is 19.7 Å². The van der Waals surface area contributed by atoms with E-state index in [9.17, 15) is 0 Å². The molecule has 2 heterocycles. The second kappa shape index (κ2) is 5.77. The van der Waals surface area contributed by atoms with Gasteiger partial charge in [-0.3, -0.25) is 0 Å². The Hall–Kier alpha value is -3.21.